The lowest BCUT2D eigenvalue weighted by atomic mass is 10.0. The van der Waals surface area contributed by atoms with Gasteiger partial charge in [0.05, 0.1) is 13.2 Å². The van der Waals surface area contributed by atoms with Gasteiger partial charge in [0, 0.05) is 12.8 Å². The van der Waals surface area contributed by atoms with Gasteiger partial charge < -0.3 is 25.2 Å². The van der Waals surface area contributed by atoms with E-state index in [4.69, 9.17) is 24.8 Å². The van der Waals surface area contributed by atoms with Crippen LogP contribution in [0, 0.1) is 0 Å². The van der Waals surface area contributed by atoms with E-state index in [1.54, 1.807) is 0 Å². The predicted molar refractivity (Wildman–Crippen MR) is 208 cm³/mol. The number of carbonyl (C=O) groups excluding carboxylic acids is 2. The molecule has 0 aliphatic heterocycles. The molecule has 0 aliphatic rings. The molecule has 3 atom stereocenters. The molecule has 0 aromatic rings. The van der Waals surface area contributed by atoms with Gasteiger partial charge in [-0.25, -0.2) is 4.57 Å². The van der Waals surface area contributed by atoms with Gasteiger partial charge in [0.25, 0.3) is 0 Å². The summed E-state index contributed by atoms with van der Waals surface area (Å²) in [5.74, 6) is -2.41. The van der Waals surface area contributed by atoms with Gasteiger partial charge in [-0.2, -0.15) is 0 Å². The number of ether oxygens (including phenoxy) is 2. The molecule has 0 heterocycles. The Hall–Kier alpha value is -2.04. The summed E-state index contributed by atoms with van der Waals surface area (Å²) < 4.78 is 32.6. The van der Waals surface area contributed by atoms with Crippen LogP contribution in [0.4, 0.5) is 0 Å². The Morgan fingerprint density at radius 2 is 1.02 bits per heavy atom. The highest BCUT2D eigenvalue weighted by molar-refractivity contribution is 7.47. The maximum atomic E-state index is 12.6. The number of allylic oxidation sites excluding steroid dienone is 4. The summed E-state index contributed by atoms with van der Waals surface area (Å²) in [7, 11) is -4.71. The highest BCUT2D eigenvalue weighted by Gasteiger charge is 2.28. The third-order valence-electron chi connectivity index (χ3n) is 8.70. The second-order valence-corrected chi connectivity index (χ2v) is 15.2. The van der Waals surface area contributed by atoms with Crippen LogP contribution in [0.3, 0.4) is 0 Å². The molecule has 1 unspecified atom stereocenters. The van der Waals surface area contributed by atoms with Crippen LogP contribution in [-0.2, 0) is 37.5 Å². The normalized spacial score (nSPS) is 14.1. The molecule has 4 N–H and O–H groups in total. The van der Waals surface area contributed by atoms with Crippen LogP contribution in [0.25, 0.3) is 0 Å². The van der Waals surface area contributed by atoms with Gasteiger partial charge >= 0.3 is 25.7 Å². The number of hydrogen-bond acceptors (Lipinski definition) is 9. The predicted octanol–water partition coefficient (Wildman–Crippen LogP) is 10.3. The van der Waals surface area contributed by atoms with E-state index in [9.17, 15) is 23.8 Å². The van der Waals surface area contributed by atoms with Gasteiger partial charge in [0.15, 0.2) is 6.10 Å². The third-order valence-corrected chi connectivity index (χ3v) is 9.65. The SMILES string of the molecule is CCCCCCCC/C=C/C/C=C/CCCCC(=O)OC[C@H](COP(=O)(O)OC[C@H](N)C(=O)O)OC(=O)CCCCCCCCCCCCCCC. The summed E-state index contributed by atoms with van der Waals surface area (Å²) in [6.07, 6.45) is 35.3. The number of nitrogens with two attached hydrogens (primary N) is 1. The number of unbranched alkanes of at least 4 members (excludes halogenated alkanes) is 20. The number of carboxylic acids is 1. The van der Waals surface area contributed by atoms with Crippen molar-refractivity contribution in [1.29, 1.82) is 0 Å². The Kier molecular flexibility index (Phi) is 34.6. The highest BCUT2D eigenvalue weighted by Crippen LogP contribution is 2.43. The lowest BCUT2D eigenvalue weighted by molar-refractivity contribution is -0.161. The summed E-state index contributed by atoms with van der Waals surface area (Å²) in [6.45, 7) is 2.76. The van der Waals surface area contributed by atoms with Crippen LogP contribution in [0.5, 0.6) is 0 Å². The van der Waals surface area contributed by atoms with Crippen LogP contribution >= 0.6 is 7.82 Å². The van der Waals surface area contributed by atoms with Crippen LogP contribution < -0.4 is 5.73 Å². The zero-order chi connectivity index (χ0) is 38.5. The lowest BCUT2D eigenvalue weighted by Gasteiger charge is -2.20. The Labute approximate surface area is 315 Å². The quantitative estimate of drug-likeness (QED) is 0.0237. The second kappa shape index (κ2) is 36.0. The smallest absolute Gasteiger partial charge is 0.472 e. The molecule has 0 bridgehead atoms. The molecule has 52 heavy (non-hydrogen) atoms. The topological polar surface area (TPSA) is 172 Å². The summed E-state index contributed by atoms with van der Waals surface area (Å²) in [6, 6.07) is -1.52. The minimum atomic E-state index is -4.71. The first-order valence-electron chi connectivity index (χ1n) is 20.4. The zero-order valence-corrected chi connectivity index (χ0v) is 33.5. The van der Waals surface area contributed by atoms with Gasteiger partial charge in [-0.1, -0.05) is 147 Å². The molecule has 0 aliphatic carbocycles. The van der Waals surface area contributed by atoms with Crippen molar-refractivity contribution in [2.75, 3.05) is 19.8 Å². The molecule has 0 saturated carbocycles. The average molecular weight is 760 g/mol. The summed E-state index contributed by atoms with van der Waals surface area (Å²) in [5.41, 5.74) is 5.32. The molecule has 0 amide bonds. The van der Waals surface area contributed by atoms with Gasteiger partial charge in [-0.3, -0.25) is 23.4 Å². The lowest BCUT2D eigenvalue weighted by Crippen LogP contribution is -2.34. The first kappa shape index (κ1) is 50.0. The fraction of sp³-hybridized carbons (Fsp3) is 0.825. The van der Waals surface area contributed by atoms with Crippen molar-refractivity contribution < 1.29 is 47.5 Å². The number of carboxylic acid groups (broad SMARTS) is 1. The van der Waals surface area contributed by atoms with Crippen molar-refractivity contribution in [2.24, 2.45) is 5.73 Å². The van der Waals surface area contributed by atoms with Gasteiger partial charge in [0.2, 0.25) is 0 Å². The molecule has 0 rings (SSSR count). The first-order valence-corrected chi connectivity index (χ1v) is 21.9. The van der Waals surface area contributed by atoms with E-state index in [1.807, 2.05) is 0 Å². The maximum absolute atomic E-state index is 12.6. The van der Waals surface area contributed by atoms with E-state index in [0.29, 0.717) is 12.8 Å². The van der Waals surface area contributed by atoms with E-state index < -0.39 is 51.1 Å². The van der Waals surface area contributed by atoms with E-state index in [1.165, 1.54) is 96.3 Å². The van der Waals surface area contributed by atoms with Gasteiger partial charge in [-0.05, 0) is 44.9 Å². The number of carbonyl (C=O) groups is 3. The number of esters is 2. The molecule has 0 saturated heterocycles. The summed E-state index contributed by atoms with van der Waals surface area (Å²) >= 11 is 0. The molecule has 11 nitrogen and oxygen atoms in total. The van der Waals surface area contributed by atoms with E-state index >= 15 is 0 Å². The molecule has 0 fully saturated rings. The molecule has 304 valence electrons. The Balaban J connectivity index is 4.45. The molecule has 12 heteroatoms. The Morgan fingerprint density at radius 1 is 0.596 bits per heavy atom. The van der Waals surface area contributed by atoms with Crippen LogP contribution in [0.15, 0.2) is 24.3 Å². The van der Waals surface area contributed by atoms with E-state index in [2.05, 4.69) is 42.7 Å². The van der Waals surface area contributed by atoms with E-state index in [0.717, 1.165) is 44.9 Å². The molecule has 0 aromatic carbocycles. The van der Waals surface area contributed by atoms with Crippen molar-refractivity contribution in [2.45, 2.75) is 193 Å². The number of phosphoric acid groups is 1. The zero-order valence-electron chi connectivity index (χ0n) is 32.7. The molecule has 0 radical (unpaired) electrons. The molecule has 0 spiro atoms. The number of rotatable bonds is 38. The summed E-state index contributed by atoms with van der Waals surface area (Å²) in [4.78, 5) is 45.8. The van der Waals surface area contributed by atoms with Crippen LogP contribution in [0.1, 0.15) is 181 Å². The van der Waals surface area contributed by atoms with Crippen molar-refractivity contribution >= 4 is 25.7 Å². The minimum Gasteiger partial charge on any atom is -0.480 e. The van der Waals surface area contributed by atoms with Gasteiger partial charge in [-0.15, -0.1) is 0 Å². The van der Waals surface area contributed by atoms with Crippen LogP contribution in [0.2, 0.25) is 0 Å². The monoisotopic (exact) mass is 760 g/mol. The molecular weight excluding hydrogens is 685 g/mol. The van der Waals surface area contributed by atoms with Crippen molar-refractivity contribution in [3.8, 4) is 0 Å². The summed E-state index contributed by atoms with van der Waals surface area (Å²) in [5, 5.41) is 8.87. The largest absolute Gasteiger partial charge is 0.480 e. The molecule has 0 aromatic heterocycles. The number of phosphoric ester groups is 1. The fourth-order valence-electron chi connectivity index (χ4n) is 5.45. The Morgan fingerprint density at radius 3 is 1.54 bits per heavy atom. The number of aliphatic carboxylic acids is 1. The highest BCUT2D eigenvalue weighted by atomic mass is 31.2. The van der Waals surface area contributed by atoms with E-state index in [-0.39, 0.29) is 19.4 Å². The number of hydrogen-bond donors (Lipinski definition) is 3. The second-order valence-electron chi connectivity index (χ2n) is 13.8. The fourth-order valence-corrected chi connectivity index (χ4v) is 6.23. The van der Waals surface area contributed by atoms with Crippen molar-refractivity contribution in [1.82, 2.24) is 0 Å². The van der Waals surface area contributed by atoms with Gasteiger partial charge in [0.1, 0.15) is 12.6 Å². The van der Waals surface area contributed by atoms with Crippen molar-refractivity contribution in [3.63, 3.8) is 0 Å². The van der Waals surface area contributed by atoms with Crippen molar-refractivity contribution in [3.05, 3.63) is 24.3 Å². The maximum Gasteiger partial charge on any atom is 0.472 e. The van der Waals surface area contributed by atoms with Crippen LogP contribution in [-0.4, -0.2) is 59.9 Å². The third kappa shape index (κ3) is 35.0. The Bertz CT molecular complexity index is 989. The average Bonchev–Trinajstić information content (AvgIpc) is 3.12. The standard InChI is InChI=1S/C40H74NO10P/c1-3-5-7-9-11-13-15-17-18-20-21-23-25-27-29-31-38(42)48-33-36(34-49-52(46,47)50-35-37(41)40(44)45)51-39(43)32-30-28-26-24-22-19-16-14-12-10-8-6-4-2/h17-18,21,23,36-37H,3-16,19-20,22,24-35,41H2,1-2H3,(H,44,45)(H,46,47)/b18-17+,23-21+/t36-,37+/m1/s1. The molecular formula is C40H74NO10P. The minimum absolute atomic E-state index is 0.158. The first-order chi connectivity index (χ1) is 25.1.